The fraction of sp³-hybridized carbons (Fsp3) is 0.429. The molecule has 0 saturated heterocycles. The zero-order chi connectivity index (χ0) is 10.8. The number of hydrogen-bond acceptors (Lipinski definition) is 2. The number of alkyl halides is 3. The largest absolute Gasteiger partial charge is 0.435 e. The molecule has 0 bridgehead atoms. The van der Waals surface area contributed by atoms with Crippen molar-refractivity contribution >= 4 is 5.96 Å². The Hall–Kier alpha value is -1.53. The maximum absolute atomic E-state index is 12.1. The Labute approximate surface area is 78.4 Å². The molecule has 78 valence electrons. The molecule has 0 aliphatic carbocycles. The fourth-order valence-corrected chi connectivity index (χ4v) is 0.922. The topological polar surface area (TPSA) is 42.2 Å². The van der Waals surface area contributed by atoms with Crippen LogP contribution < -0.4 is 5.32 Å². The lowest BCUT2D eigenvalue weighted by Crippen LogP contribution is -2.27. The first-order valence-corrected chi connectivity index (χ1v) is 3.77. The van der Waals surface area contributed by atoms with Gasteiger partial charge >= 0.3 is 6.18 Å². The number of nitrogens with one attached hydrogen (secondary N) is 1. The zero-order valence-corrected chi connectivity index (χ0v) is 7.63. The van der Waals surface area contributed by atoms with Gasteiger partial charge in [-0.1, -0.05) is 0 Å². The summed E-state index contributed by atoms with van der Waals surface area (Å²) in [7, 11) is 3.01. The van der Waals surface area contributed by atoms with E-state index in [0.717, 1.165) is 10.7 Å². The molecule has 7 heteroatoms. The van der Waals surface area contributed by atoms with E-state index >= 15 is 0 Å². The van der Waals surface area contributed by atoms with Crippen LogP contribution in [-0.2, 0) is 6.18 Å². The van der Waals surface area contributed by atoms with Crippen molar-refractivity contribution in [1.29, 1.82) is 0 Å². The maximum atomic E-state index is 12.1. The summed E-state index contributed by atoms with van der Waals surface area (Å²) in [5.74, 6) is 0.250. The molecule has 0 radical (unpaired) electrons. The summed E-state index contributed by atoms with van der Waals surface area (Å²) in [6, 6.07) is 0.891. The second-order valence-corrected chi connectivity index (χ2v) is 2.44. The molecule has 0 saturated carbocycles. The Morgan fingerprint density at radius 1 is 1.57 bits per heavy atom. The number of aromatic nitrogens is 2. The van der Waals surface area contributed by atoms with Crippen LogP contribution in [0.25, 0.3) is 0 Å². The van der Waals surface area contributed by atoms with Crippen molar-refractivity contribution < 1.29 is 13.2 Å². The Kier molecular flexibility index (Phi) is 2.78. The van der Waals surface area contributed by atoms with E-state index in [9.17, 15) is 13.2 Å². The molecule has 1 heterocycles. The van der Waals surface area contributed by atoms with E-state index in [4.69, 9.17) is 0 Å². The maximum Gasteiger partial charge on any atom is 0.435 e. The van der Waals surface area contributed by atoms with Crippen LogP contribution in [0.4, 0.5) is 13.2 Å². The summed E-state index contributed by atoms with van der Waals surface area (Å²) >= 11 is 0. The predicted molar refractivity (Wildman–Crippen MR) is 45.0 cm³/mol. The molecule has 1 rings (SSSR count). The van der Waals surface area contributed by atoms with Crippen LogP contribution in [0, 0.1) is 0 Å². The van der Waals surface area contributed by atoms with Crippen molar-refractivity contribution in [1.82, 2.24) is 15.1 Å². The van der Waals surface area contributed by atoms with Gasteiger partial charge in [0.15, 0.2) is 5.69 Å². The van der Waals surface area contributed by atoms with Crippen molar-refractivity contribution in [3.05, 3.63) is 18.0 Å². The Morgan fingerprint density at radius 3 is 2.57 bits per heavy atom. The summed E-state index contributed by atoms with van der Waals surface area (Å²) in [6.07, 6.45) is -3.22. The van der Waals surface area contributed by atoms with E-state index in [1.54, 1.807) is 7.05 Å². The highest BCUT2D eigenvalue weighted by molar-refractivity contribution is 5.80. The molecule has 0 aliphatic rings. The first-order valence-electron chi connectivity index (χ1n) is 3.77. The van der Waals surface area contributed by atoms with Crippen LogP contribution in [0.1, 0.15) is 5.69 Å². The second kappa shape index (κ2) is 3.69. The zero-order valence-electron chi connectivity index (χ0n) is 7.63. The number of halogens is 3. The van der Waals surface area contributed by atoms with Crippen LogP contribution in [0.15, 0.2) is 17.3 Å². The molecular formula is C7H9F3N4. The Balaban J connectivity index is 2.99. The second-order valence-electron chi connectivity index (χ2n) is 2.44. The lowest BCUT2D eigenvalue weighted by atomic mass is 10.4. The molecule has 14 heavy (non-hydrogen) atoms. The van der Waals surface area contributed by atoms with Gasteiger partial charge in [-0.2, -0.15) is 18.3 Å². The number of nitrogens with zero attached hydrogens (tertiary/aromatic N) is 3. The van der Waals surface area contributed by atoms with Gasteiger partial charge in [0.05, 0.1) is 0 Å². The van der Waals surface area contributed by atoms with Gasteiger partial charge in [-0.05, 0) is 6.07 Å². The van der Waals surface area contributed by atoms with Crippen molar-refractivity contribution in [3.63, 3.8) is 0 Å². The summed E-state index contributed by atoms with van der Waals surface area (Å²) in [6.45, 7) is 0. The summed E-state index contributed by atoms with van der Waals surface area (Å²) in [5, 5.41) is 5.94. The third-order valence-corrected chi connectivity index (χ3v) is 1.53. The molecule has 1 aromatic heterocycles. The minimum absolute atomic E-state index is 0.250. The Bertz CT molecular complexity index is 339. The highest BCUT2D eigenvalue weighted by Gasteiger charge is 2.33. The van der Waals surface area contributed by atoms with E-state index in [1.807, 2.05) is 0 Å². The highest BCUT2D eigenvalue weighted by Crippen LogP contribution is 2.26. The molecule has 0 atom stereocenters. The quantitative estimate of drug-likeness (QED) is 0.507. The van der Waals surface area contributed by atoms with Gasteiger partial charge in [-0.15, -0.1) is 0 Å². The number of aliphatic imine (C=N–C) groups is 1. The molecule has 0 aliphatic heterocycles. The van der Waals surface area contributed by atoms with Crippen LogP contribution in [-0.4, -0.2) is 29.8 Å². The monoisotopic (exact) mass is 206 g/mol. The Morgan fingerprint density at radius 2 is 2.21 bits per heavy atom. The molecular weight excluding hydrogens is 197 g/mol. The molecule has 0 aromatic carbocycles. The van der Waals surface area contributed by atoms with Crippen LogP contribution in [0.2, 0.25) is 0 Å². The lowest BCUT2D eigenvalue weighted by Gasteiger charge is -2.04. The number of rotatable bonds is 0. The minimum Gasteiger partial charge on any atom is -0.358 e. The molecule has 1 N–H and O–H groups in total. The normalized spacial score (nSPS) is 13.1. The van der Waals surface area contributed by atoms with Gasteiger partial charge < -0.3 is 5.32 Å². The average molecular weight is 206 g/mol. The average Bonchev–Trinajstić information content (AvgIpc) is 2.54. The molecule has 0 unspecified atom stereocenters. The van der Waals surface area contributed by atoms with Gasteiger partial charge in [0, 0.05) is 20.3 Å². The van der Waals surface area contributed by atoms with E-state index in [-0.39, 0.29) is 5.96 Å². The van der Waals surface area contributed by atoms with Gasteiger partial charge in [0.2, 0.25) is 5.96 Å². The molecule has 1 aromatic rings. The SMILES string of the molecule is CN=C(NC)n1ccc(C(F)(F)F)n1. The van der Waals surface area contributed by atoms with E-state index < -0.39 is 11.9 Å². The smallest absolute Gasteiger partial charge is 0.358 e. The third kappa shape index (κ3) is 2.04. The first kappa shape index (κ1) is 10.6. The van der Waals surface area contributed by atoms with Crippen LogP contribution >= 0.6 is 0 Å². The van der Waals surface area contributed by atoms with Crippen molar-refractivity contribution in [3.8, 4) is 0 Å². The van der Waals surface area contributed by atoms with E-state index in [2.05, 4.69) is 15.4 Å². The predicted octanol–water partition coefficient (Wildman–Crippen LogP) is 0.955. The lowest BCUT2D eigenvalue weighted by molar-refractivity contribution is -0.141. The molecule has 0 spiro atoms. The van der Waals surface area contributed by atoms with Crippen molar-refractivity contribution in [2.75, 3.05) is 14.1 Å². The molecule has 0 amide bonds. The van der Waals surface area contributed by atoms with Crippen molar-refractivity contribution in [2.24, 2.45) is 4.99 Å². The standard InChI is InChI=1S/C7H9F3N4/c1-11-6(12-2)14-4-3-5(13-14)7(8,9)10/h3-4H,1-2H3,(H,11,12). The van der Waals surface area contributed by atoms with Gasteiger partial charge in [0.1, 0.15) is 0 Å². The highest BCUT2D eigenvalue weighted by atomic mass is 19.4. The van der Waals surface area contributed by atoms with Gasteiger partial charge in [-0.25, -0.2) is 4.68 Å². The van der Waals surface area contributed by atoms with Crippen LogP contribution in [0.3, 0.4) is 0 Å². The fourth-order valence-electron chi connectivity index (χ4n) is 0.922. The van der Waals surface area contributed by atoms with Gasteiger partial charge in [-0.3, -0.25) is 4.99 Å². The van der Waals surface area contributed by atoms with Crippen molar-refractivity contribution in [2.45, 2.75) is 6.18 Å². The molecule has 4 nitrogen and oxygen atoms in total. The van der Waals surface area contributed by atoms with E-state index in [0.29, 0.717) is 0 Å². The third-order valence-electron chi connectivity index (χ3n) is 1.53. The first-order chi connectivity index (χ1) is 6.49. The van der Waals surface area contributed by atoms with Gasteiger partial charge in [0.25, 0.3) is 0 Å². The van der Waals surface area contributed by atoms with E-state index in [1.165, 1.54) is 13.2 Å². The number of hydrogen-bond donors (Lipinski definition) is 1. The summed E-state index contributed by atoms with van der Waals surface area (Å²) < 4.78 is 37.4. The summed E-state index contributed by atoms with van der Waals surface area (Å²) in [4.78, 5) is 3.71. The van der Waals surface area contributed by atoms with Crippen LogP contribution in [0.5, 0.6) is 0 Å². The molecule has 0 fully saturated rings. The summed E-state index contributed by atoms with van der Waals surface area (Å²) in [5.41, 5.74) is -0.936. The minimum atomic E-state index is -4.42.